The number of hydrogen-bond donors (Lipinski definition) is 0. The summed E-state index contributed by atoms with van der Waals surface area (Å²) in [5.74, 6) is 1.08. The molecule has 1 saturated carbocycles. The number of hydrogen-bond acceptors (Lipinski definition) is 4. The maximum atomic E-state index is 9.03. The normalized spacial score (nSPS) is 21.3. The first kappa shape index (κ1) is 14.3. The molecule has 2 aliphatic rings. The molecule has 2 fully saturated rings. The maximum Gasteiger partial charge on any atom is 0.231 e. The van der Waals surface area contributed by atoms with Crippen LogP contribution < -0.4 is 4.74 Å². The van der Waals surface area contributed by atoms with E-state index in [0.29, 0.717) is 24.0 Å². The Morgan fingerprint density at radius 2 is 2.00 bits per heavy atom. The highest BCUT2D eigenvalue weighted by molar-refractivity contribution is 5.36. The molecular formula is C17H23N3O. The van der Waals surface area contributed by atoms with Gasteiger partial charge in [-0.15, -0.1) is 0 Å². The van der Waals surface area contributed by atoms with Gasteiger partial charge in [0, 0.05) is 12.2 Å². The summed E-state index contributed by atoms with van der Waals surface area (Å²) in [6, 6.07) is 6.50. The summed E-state index contributed by atoms with van der Waals surface area (Å²) in [6.45, 7) is 3.09. The molecule has 1 aliphatic heterocycles. The van der Waals surface area contributed by atoms with E-state index in [0.717, 1.165) is 6.04 Å². The van der Waals surface area contributed by atoms with Crippen molar-refractivity contribution in [2.24, 2.45) is 5.92 Å². The molecule has 1 aliphatic carbocycles. The second kappa shape index (κ2) is 6.91. The third-order valence-corrected chi connectivity index (χ3v) is 4.84. The molecule has 4 heteroatoms. The third kappa shape index (κ3) is 3.54. The number of rotatable bonds is 4. The number of aromatic nitrogens is 1. The minimum atomic E-state index is 0.484. The van der Waals surface area contributed by atoms with Crippen LogP contribution in [0.4, 0.5) is 0 Å². The lowest BCUT2D eigenvalue weighted by Crippen LogP contribution is -2.41. The SMILES string of the molecule is N#Cc1cccnc1OCC1CCN(C2CCCC2)CC1. The van der Waals surface area contributed by atoms with Gasteiger partial charge in [0.25, 0.3) is 0 Å². The van der Waals surface area contributed by atoms with Crippen LogP contribution in [0.1, 0.15) is 44.1 Å². The number of likely N-dealkylation sites (tertiary alicyclic amines) is 1. The molecule has 3 rings (SSSR count). The molecule has 0 spiro atoms. The second-order valence-corrected chi connectivity index (χ2v) is 6.20. The fourth-order valence-electron chi connectivity index (χ4n) is 3.54. The Hall–Kier alpha value is -1.60. The van der Waals surface area contributed by atoms with Crippen molar-refractivity contribution in [2.75, 3.05) is 19.7 Å². The van der Waals surface area contributed by atoms with E-state index < -0.39 is 0 Å². The van der Waals surface area contributed by atoms with E-state index in [4.69, 9.17) is 10.00 Å². The number of pyridine rings is 1. The minimum Gasteiger partial charge on any atom is -0.476 e. The lowest BCUT2D eigenvalue weighted by atomic mass is 9.96. The lowest BCUT2D eigenvalue weighted by molar-refractivity contribution is 0.107. The van der Waals surface area contributed by atoms with Gasteiger partial charge in [0.1, 0.15) is 11.6 Å². The number of piperidine rings is 1. The molecule has 2 heterocycles. The first-order valence-electron chi connectivity index (χ1n) is 8.09. The molecule has 21 heavy (non-hydrogen) atoms. The van der Waals surface area contributed by atoms with Crippen molar-refractivity contribution < 1.29 is 4.74 Å². The molecule has 1 saturated heterocycles. The van der Waals surface area contributed by atoms with Crippen molar-refractivity contribution in [3.8, 4) is 11.9 Å². The minimum absolute atomic E-state index is 0.484. The fourth-order valence-corrected chi connectivity index (χ4v) is 3.54. The van der Waals surface area contributed by atoms with Crippen molar-refractivity contribution in [3.05, 3.63) is 23.9 Å². The molecule has 0 bridgehead atoms. The second-order valence-electron chi connectivity index (χ2n) is 6.20. The van der Waals surface area contributed by atoms with Crippen LogP contribution in [0.25, 0.3) is 0 Å². The molecule has 0 radical (unpaired) electrons. The Morgan fingerprint density at radius 3 is 2.71 bits per heavy atom. The Labute approximate surface area is 126 Å². The Kier molecular flexibility index (Phi) is 4.72. The highest BCUT2D eigenvalue weighted by atomic mass is 16.5. The van der Waals surface area contributed by atoms with E-state index in [-0.39, 0.29) is 0 Å². The smallest absolute Gasteiger partial charge is 0.231 e. The van der Waals surface area contributed by atoms with Crippen LogP contribution >= 0.6 is 0 Å². The standard InChI is InChI=1S/C17H23N3O/c18-12-15-4-3-9-19-17(15)21-13-14-7-10-20(11-8-14)16-5-1-2-6-16/h3-4,9,14,16H,1-2,5-8,10-11,13H2. The topological polar surface area (TPSA) is 49.1 Å². The summed E-state index contributed by atoms with van der Waals surface area (Å²) >= 11 is 0. The van der Waals surface area contributed by atoms with Crippen molar-refractivity contribution in [2.45, 2.75) is 44.6 Å². The van der Waals surface area contributed by atoms with Gasteiger partial charge in [-0.2, -0.15) is 5.26 Å². The molecule has 4 nitrogen and oxygen atoms in total. The molecule has 0 atom stereocenters. The maximum absolute atomic E-state index is 9.03. The van der Waals surface area contributed by atoms with E-state index in [1.54, 1.807) is 18.3 Å². The van der Waals surface area contributed by atoms with Gasteiger partial charge in [-0.05, 0) is 56.8 Å². The van der Waals surface area contributed by atoms with Gasteiger partial charge in [0.15, 0.2) is 0 Å². The van der Waals surface area contributed by atoms with Crippen molar-refractivity contribution in [3.63, 3.8) is 0 Å². The monoisotopic (exact) mass is 285 g/mol. The lowest BCUT2D eigenvalue weighted by Gasteiger charge is -2.35. The van der Waals surface area contributed by atoms with Crippen molar-refractivity contribution in [1.82, 2.24) is 9.88 Å². The molecule has 0 aromatic carbocycles. The van der Waals surface area contributed by atoms with Gasteiger partial charge < -0.3 is 9.64 Å². The van der Waals surface area contributed by atoms with Gasteiger partial charge in [-0.3, -0.25) is 0 Å². The van der Waals surface area contributed by atoms with Gasteiger partial charge in [-0.1, -0.05) is 12.8 Å². The first-order valence-corrected chi connectivity index (χ1v) is 8.09. The summed E-state index contributed by atoms with van der Waals surface area (Å²) < 4.78 is 5.78. The summed E-state index contributed by atoms with van der Waals surface area (Å²) in [6.07, 6.45) is 9.67. The predicted molar refractivity (Wildman–Crippen MR) is 81.0 cm³/mol. The molecule has 0 N–H and O–H groups in total. The largest absolute Gasteiger partial charge is 0.476 e. The Morgan fingerprint density at radius 1 is 1.24 bits per heavy atom. The van der Waals surface area contributed by atoms with E-state index >= 15 is 0 Å². The van der Waals surface area contributed by atoms with E-state index in [9.17, 15) is 0 Å². The van der Waals surface area contributed by atoms with Gasteiger partial charge >= 0.3 is 0 Å². The molecular weight excluding hydrogens is 262 g/mol. The summed E-state index contributed by atoms with van der Waals surface area (Å²) in [5.41, 5.74) is 0.529. The zero-order valence-corrected chi connectivity index (χ0v) is 12.5. The van der Waals surface area contributed by atoms with Crippen LogP contribution in [0.2, 0.25) is 0 Å². The van der Waals surface area contributed by atoms with Crippen LogP contribution in [-0.4, -0.2) is 35.6 Å². The number of ether oxygens (including phenoxy) is 1. The van der Waals surface area contributed by atoms with Crippen LogP contribution in [0, 0.1) is 17.2 Å². The zero-order chi connectivity index (χ0) is 14.5. The average Bonchev–Trinajstić information content (AvgIpc) is 3.08. The summed E-state index contributed by atoms with van der Waals surface area (Å²) in [5, 5.41) is 9.03. The Bertz CT molecular complexity index is 497. The van der Waals surface area contributed by atoms with Gasteiger partial charge in [0.2, 0.25) is 5.88 Å². The van der Waals surface area contributed by atoms with E-state index in [2.05, 4.69) is 16.0 Å². The van der Waals surface area contributed by atoms with Crippen LogP contribution in [0.3, 0.4) is 0 Å². The first-order chi connectivity index (χ1) is 10.4. The highest BCUT2D eigenvalue weighted by Crippen LogP contribution is 2.28. The van der Waals surface area contributed by atoms with Gasteiger partial charge in [-0.25, -0.2) is 4.98 Å². The summed E-state index contributed by atoms with van der Waals surface area (Å²) in [4.78, 5) is 6.83. The summed E-state index contributed by atoms with van der Waals surface area (Å²) in [7, 11) is 0. The quantitative estimate of drug-likeness (QED) is 0.853. The van der Waals surface area contributed by atoms with E-state index in [1.165, 1.54) is 51.6 Å². The molecule has 112 valence electrons. The molecule has 1 aromatic heterocycles. The number of nitrogens with zero attached hydrogens (tertiary/aromatic N) is 3. The van der Waals surface area contributed by atoms with Crippen LogP contribution in [0.5, 0.6) is 5.88 Å². The van der Waals surface area contributed by atoms with E-state index in [1.807, 2.05) is 0 Å². The Balaban J connectivity index is 1.46. The predicted octanol–water partition coefficient (Wildman–Crippen LogP) is 2.99. The highest BCUT2D eigenvalue weighted by Gasteiger charge is 2.27. The molecule has 1 aromatic rings. The van der Waals surface area contributed by atoms with Crippen LogP contribution in [-0.2, 0) is 0 Å². The zero-order valence-electron chi connectivity index (χ0n) is 12.5. The third-order valence-electron chi connectivity index (χ3n) is 4.84. The van der Waals surface area contributed by atoms with Crippen molar-refractivity contribution >= 4 is 0 Å². The molecule has 0 amide bonds. The van der Waals surface area contributed by atoms with Crippen molar-refractivity contribution in [1.29, 1.82) is 5.26 Å². The molecule has 0 unspecified atom stereocenters. The average molecular weight is 285 g/mol. The fraction of sp³-hybridized carbons (Fsp3) is 0.647. The van der Waals surface area contributed by atoms with Gasteiger partial charge in [0.05, 0.1) is 6.61 Å². The number of nitriles is 1. The van der Waals surface area contributed by atoms with Crippen LogP contribution in [0.15, 0.2) is 18.3 Å².